The van der Waals surface area contributed by atoms with Crippen molar-refractivity contribution in [2.45, 2.75) is 13.0 Å². The van der Waals surface area contributed by atoms with E-state index in [1.165, 1.54) is 6.07 Å². The van der Waals surface area contributed by atoms with E-state index in [0.717, 1.165) is 0 Å². The summed E-state index contributed by atoms with van der Waals surface area (Å²) < 4.78 is 0. The lowest BCUT2D eigenvalue weighted by Crippen LogP contribution is -2.06. The van der Waals surface area contributed by atoms with Gasteiger partial charge in [0.1, 0.15) is 0 Å². The Bertz CT molecular complexity index is 309. The van der Waals surface area contributed by atoms with Gasteiger partial charge in [-0.25, -0.2) is 0 Å². The molecule has 0 radical (unpaired) electrons. The Kier molecular flexibility index (Phi) is 3.73. The SMILES string of the molecule is CC(N)c1c(Cl)c(Cl)cc(Cl)c1Cl. The molecule has 0 amide bonds. The maximum absolute atomic E-state index is 5.91. The van der Waals surface area contributed by atoms with Crippen LogP contribution in [0.15, 0.2) is 6.07 Å². The van der Waals surface area contributed by atoms with Crippen LogP contribution in [-0.4, -0.2) is 0 Å². The molecular weight excluding hydrogens is 252 g/mol. The second kappa shape index (κ2) is 4.24. The molecule has 1 nitrogen and oxygen atoms in total. The quantitative estimate of drug-likeness (QED) is 0.746. The van der Waals surface area contributed by atoms with E-state index in [1.807, 2.05) is 0 Å². The molecule has 13 heavy (non-hydrogen) atoms. The molecule has 0 aliphatic heterocycles. The van der Waals surface area contributed by atoms with Gasteiger partial charge in [-0.05, 0) is 13.0 Å². The Labute approximate surface area is 96.7 Å². The molecule has 0 aliphatic rings. The highest BCUT2D eigenvalue weighted by atomic mass is 35.5. The number of hydrogen-bond donors (Lipinski definition) is 1. The first-order chi connectivity index (χ1) is 5.95. The Morgan fingerprint density at radius 1 is 1.08 bits per heavy atom. The molecule has 0 fully saturated rings. The van der Waals surface area contributed by atoms with E-state index in [-0.39, 0.29) is 6.04 Å². The smallest absolute Gasteiger partial charge is 0.0655 e. The van der Waals surface area contributed by atoms with Crippen LogP contribution in [0.25, 0.3) is 0 Å². The van der Waals surface area contributed by atoms with Crippen LogP contribution in [-0.2, 0) is 0 Å². The predicted molar refractivity (Wildman–Crippen MR) is 59.1 cm³/mol. The van der Waals surface area contributed by atoms with Crippen molar-refractivity contribution in [2.75, 3.05) is 0 Å². The molecule has 0 heterocycles. The Morgan fingerprint density at radius 3 is 1.77 bits per heavy atom. The third-order valence-corrected chi connectivity index (χ3v) is 3.21. The van der Waals surface area contributed by atoms with Crippen LogP contribution in [0.5, 0.6) is 0 Å². The molecular formula is C8H7Cl4N. The van der Waals surface area contributed by atoms with E-state index in [2.05, 4.69) is 0 Å². The molecule has 72 valence electrons. The average Bonchev–Trinajstić information content (AvgIpc) is 2.01. The van der Waals surface area contributed by atoms with Crippen molar-refractivity contribution in [3.05, 3.63) is 31.7 Å². The Morgan fingerprint density at radius 2 is 1.46 bits per heavy atom. The second-order valence-electron chi connectivity index (χ2n) is 2.67. The van der Waals surface area contributed by atoms with Crippen LogP contribution in [0.1, 0.15) is 18.5 Å². The molecule has 2 N–H and O–H groups in total. The normalized spacial score (nSPS) is 13.1. The van der Waals surface area contributed by atoms with Crippen molar-refractivity contribution in [2.24, 2.45) is 5.73 Å². The van der Waals surface area contributed by atoms with Gasteiger partial charge in [-0.3, -0.25) is 0 Å². The third-order valence-electron chi connectivity index (χ3n) is 1.60. The van der Waals surface area contributed by atoms with Crippen LogP contribution in [0.2, 0.25) is 20.1 Å². The molecule has 1 rings (SSSR count). The molecule has 1 unspecified atom stereocenters. The summed E-state index contributed by atoms with van der Waals surface area (Å²) in [7, 11) is 0. The molecule has 0 saturated carbocycles. The molecule has 5 heteroatoms. The number of hydrogen-bond acceptors (Lipinski definition) is 1. The van der Waals surface area contributed by atoms with E-state index in [1.54, 1.807) is 6.92 Å². The van der Waals surface area contributed by atoms with Gasteiger partial charge in [-0.2, -0.15) is 0 Å². The number of rotatable bonds is 1. The summed E-state index contributed by atoms with van der Waals surface area (Å²) in [6, 6.07) is 1.20. The van der Waals surface area contributed by atoms with Crippen molar-refractivity contribution >= 4 is 46.4 Å². The van der Waals surface area contributed by atoms with Crippen LogP contribution in [0, 0.1) is 0 Å². The van der Waals surface area contributed by atoms with E-state index in [4.69, 9.17) is 52.1 Å². The van der Waals surface area contributed by atoms with E-state index < -0.39 is 0 Å². The number of benzene rings is 1. The second-order valence-corrected chi connectivity index (χ2v) is 4.24. The highest BCUT2D eigenvalue weighted by Gasteiger charge is 2.16. The van der Waals surface area contributed by atoms with Gasteiger partial charge in [0.25, 0.3) is 0 Å². The van der Waals surface area contributed by atoms with Crippen molar-refractivity contribution in [1.29, 1.82) is 0 Å². The number of halogens is 4. The van der Waals surface area contributed by atoms with Gasteiger partial charge >= 0.3 is 0 Å². The molecule has 0 spiro atoms. The summed E-state index contributed by atoms with van der Waals surface area (Å²) in [5.41, 5.74) is 6.25. The highest BCUT2D eigenvalue weighted by molar-refractivity contribution is 6.48. The van der Waals surface area contributed by atoms with Crippen LogP contribution in [0.4, 0.5) is 0 Å². The fraction of sp³-hybridized carbons (Fsp3) is 0.250. The van der Waals surface area contributed by atoms with Gasteiger partial charge < -0.3 is 5.73 Å². The van der Waals surface area contributed by atoms with E-state index in [9.17, 15) is 0 Å². The fourth-order valence-electron chi connectivity index (χ4n) is 0.991. The van der Waals surface area contributed by atoms with Gasteiger partial charge in [-0.15, -0.1) is 0 Å². The standard InChI is InChI=1S/C8H7Cl4N/c1-3(13)6-7(11)4(9)2-5(10)8(6)12/h2-3H,13H2,1H3. The van der Waals surface area contributed by atoms with Crippen LogP contribution >= 0.6 is 46.4 Å². The summed E-state index contributed by atoms with van der Waals surface area (Å²) >= 11 is 23.4. The van der Waals surface area contributed by atoms with Gasteiger partial charge in [0.2, 0.25) is 0 Å². The lowest BCUT2D eigenvalue weighted by Gasteiger charge is -2.12. The zero-order valence-corrected chi connectivity index (χ0v) is 9.77. The van der Waals surface area contributed by atoms with Gasteiger partial charge in [0.05, 0.1) is 20.1 Å². The monoisotopic (exact) mass is 257 g/mol. The molecule has 1 aromatic carbocycles. The largest absolute Gasteiger partial charge is 0.324 e. The zero-order chi connectivity index (χ0) is 10.2. The minimum atomic E-state index is -0.295. The Hall–Kier alpha value is 0.340. The third kappa shape index (κ3) is 2.23. The minimum Gasteiger partial charge on any atom is -0.324 e. The molecule has 1 atom stereocenters. The highest BCUT2D eigenvalue weighted by Crippen LogP contribution is 2.39. The van der Waals surface area contributed by atoms with Crippen molar-refractivity contribution in [3.63, 3.8) is 0 Å². The molecule has 1 aromatic rings. The summed E-state index contributed by atoms with van der Waals surface area (Å²) in [6.07, 6.45) is 0. The zero-order valence-electron chi connectivity index (χ0n) is 6.74. The maximum Gasteiger partial charge on any atom is 0.0655 e. The lowest BCUT2D eigenvalue weighted by atomic mass is 10.1. The average molecular weight is 259 g/mol. The van der Waals surface area contributed by atoms with E-state index >= 15 is 0 Å². The predicted octanol–water partition coefficient (Wildman–Crippen LogP) is 4.32. The summed E-state index contributed by atoms with van der Waals surface area (Å²) in [4.78, 5) is 0. The van der Waals surface area contributed by atoms with Crippen LogP contribution < -0.4 is 5.73 Å². The maximum atomic E-state index is 5.91. The topological polar surface area (TPSA) is 26.0 Å². The van der Waals surface area contributed by atoms with E-state index in [0.29, 0.717) is 25.7 Å². The Balaban J connectivity index is 3.46. The van der Waals surface area contributed by atoms with Crippen molar-refractivity contribution < 1.29 is 0 Å². The first-order valence-electron chi connectivity index (χ1n) is 3.53. The molecule has 0 aromatic heterocycles. The fourth-order valence-corrected chi connectivity index (χ4v) is 2.16. The first-order valence-corrected chi connectivity index (χ1v) is 5.04. The first kappa shape index (κ1) is 11.4. The summed E-state index contributed by atoms with van der Waals surface area (Å²) in [6.45, 7) is 1.76. The summed E-state index contributed by atoms with van der Waals surface area (Å²) in [5.74, 6) is 0. The molecule has 0 saturated heterocycles. The van der Waals surface area contributed by atoms with Gasteiger partial charge in [-0.1, -0.05) is 46.4 Å². The van der Waals surface area contributed by atoms with Crippen molar-refractivity contribution in [1.82, 2.24) is 0 Å². The van der Waals surface area contributed by atoms with Gasteiger partial charge in [0, 0.05) is 11.6 Å². The van der Waals surface area contributed by atoms with Gasteiger partial charge in [0.15, 0.2) is 0 Å². The van der Waals surface area contributed by atoms with Crippen LogP contribution in [0.3, 0.4) is 0 Å². The molecule has 0 aliphatic carbocycles. The number of nitrogens with two attached hydrogens (primary N) is 1. The lowest BCUT2D eigenvalue weighted by molar-refractivity contribution is 0.819. The minimum absolute atomic E-state index is 0.295. The van der Waals surface area contributed by atoms with Crippen molar-refractivity contribution in [3.8, 4) is 0 Å². The summed E-state index contributed by atoms with van der Waals surface area (Å²) in [5, 5.41) is 1.46. The molecule has 0 bridgehead atoms.